The molecule has 0 radical (unpaired) electrons. The zero-order chi connectivity index (χ0) is 9.45. The molecule has 5 heteroatoms. The molecule has 0 saturated carbocycles. The Morgan fingerprint density at radius 1 is 1.50 bits per heavy atom. The van der Waals surface area contributed by atoms with Gasteiger partial charge in [0.05, 0.1) is 13.2 Å². The van der Waals surface area contributed by atoms with Crippen molar-refractivity contribution in [2.24, 2.45) is 5.73 Å². The standard InChI is InChI=1S/C7H15F2NOS/c1-2-12-4-3-11-6-7(8,9)5-10/h2-6,10H2,1H3. The van der Waals surface area contributed by atoms with Crippen molar-refractivity contribution in [1.29, 1.82) is 0 Å². The maximum atomic E-state index is 12.4. The second-order valence-electron chi connectivity index (χ2n) is 2.31. The van der Waals surface area contributed by atoms with Gasteiger partial charge in [0.25, 0.3) is 5.92 Å². The topological polar surface area (TPSA) is 35.2 Å². The summed E-state index contributed by atoms with van der Waals surface area (Å²) in [7, 11) is 0. The molecule has 0 aromatic rings. The molecule has 74 valence electrons. The number of halogens is 2. The number of hydrogen-bond acceptors (Lipinski definition) is 3. The van der Waals surface area contributed by atoms with Crippen LogP contribution in [0.5, 0.6) is 0 Å². The molecular formula is C7H15F2NOS. The predicted octanol–water partition coefficient (Wildman–Crippen LogP) is 1.35. The van der Waals surface area contributed by atoms with Crippen LogP contribution in [-0.4, -0.2) is 37.2 Å². The van der Waals surface area contributed by atoms with Crippen molar-refractivity contribution in [3.8, 4) is 0 Å². The van der Waals surface area contributed by atoms with Crippen molar-refractivity contribution in [3.63, 3.8) is 0 Å². The first-order valence-electron chi connectivity index (χ1n) is 3.86. The average molecular weight is 199 g/mol. The summed E-state index contributed by atoms with van der Waals surface area (Å²) in [6.07, 6.45) is 0. The van der Waals surface area contributed by atoms with E-state index in [0.29, 0.717) is 6.61 Å². The highest BCUT2D eigenvalue weighted by Gasteiger charge is 2.26. The summed E-state index contributed by atoms with van der Waals surface area (Å²) in [5.74, 6) is -1.12. The quantitative estimate of drug-likeness (QED) is 0.629. The van der Waals surface area contributed by atoms with Crippen molar-refractivity contribution in [2.75, 3.05) is 31.3 Å². The second-order valence-corrected chi connectivity index (χ2v) is 3.70. The van der Waals surface area contributed by atoms with Crippen molar-refractivity contribution in [2.45, 2.75) is 12.8 Å². The molecule has 0 saturated heterocycles. The molecular weight excluding hydrogens is 184 g/mol. The number of hydrogen-bond donors (Lipinski definition) is 1. The van der Waals surface area contributed by atoms with Crippen molar-refractivity contribution in [3.05, 3.63) is 0 Å². The molecule has 0 heterocycles. The summed E-state index contributed by atoms with van der Waals surface area (Å²) in [5, 5.41) is 0. The van der Waals surface area contributed by atoms with E-state index < -0.39 is 19.1 Å². The van der Waals surface area contributed by atoms with Crippen LogP contribution in [0.2, 0.25) is 0 Å². The Kier molecular flexibility index (Phi) is 6.70. The Bertz CT molecular complexity index is 114. The lowest BCUT2D eigenvalue weighted by molar-refractivity contribution is -0.0660. The van der Waals surface area contributed by atoms with Gasteiger partial charge < -0.3 is 10.5 Å². The monoisotopic (exact) mass is 199 g/mol. The number of nitrogens with two attached hydrogens (primary N) is 1. The number of rotatable bonds is 7. The minimum atomic E-state index is -2.86. The third-order valence-corrected chi connectivity index (χ3v) is 2.05. The van der Waals surface area contributed by atoms with Crippen LogP contribution in [0.15, 0.2) is 0 Å². The van der Waals surface area contributed by atoms with E-state index in [9.17, 15) is 8.78 Å². The number of ether oxygens (including phenoxy) is 1. The van der Waals surface area contributed by atoms with Crippen LogP contribution in [0.3, 0.4) is 0 Å². The van der Waals surface area contributed by atoms with Gasteiger partial charge in [-0.2, -0.15) is 11.8 Å². The fraction of sp³-hybridized carbons (Fsp3) is 1.00. The summed E-state index contributed by atoms with van der Waals surface area (Å²) >= 11 is 1.67. The molecule has 0 aromatic carbocycles. The van der Waals surface area contributed by atoms with E-state index in [4.69, 9.17) is 10.5 Å². The third-order valence-electron chi connectivity index (χ3n) is 1.19. The molecule has 0 fully saturated rings. The van der Waals surface area contributed by atoms with Crippen LogP contribution < -0.4 is 5.73 Å². The van der Waals surface area contributed by atoms with Crippen LogP contribution in [0.4, 0.5) is 8.78 Å². The second kappa shape index (κ2) is 6.62. The molecule has 0 aliphatic carbocycles. The van der Waals surface area contributed by atoms with E-state index in [1.807, 2.05) is 6.92 Å². The number of alkyl halides is 2. The minimum absolute atomic E-state index is 0.369. The van der Waals surface area contributed by atoms with Crippen molar-refractivity contribution in [1.82, 2.24) is 0 Å². The van der Waals surface area contributed by atoms with Crippen LogP contribution in [0, 0.1) is 0 Å². The Morgan fingerprint density at radius 2 is 2.17 bits per heavy atom. The lowest BCUT2D eigenvalue weighted by Gasteiger charge is -2.13. The maximum absolute atomic E-state index is 12.4. The van der Waals surface area contributed by atoms with E-state index in [1.54, 1.807) is 11.8 Å². The Hall–Kier alpha value is 0.130. The first-order valence-corrected chi connectivity index (χ1v) is 5.01. The van der Waals surface area contributed by atoms with Gasteiger partial charge >= 0.3 is 0 Å². The zero-order valence-electron chi connectivity index (χ0n) is 7.19. The molecule has 0 amide bonds. The minimum Gasteiger partial charge on any atom is -0.374 e. The zero-order valence-corrected chi connectivity index (χ0v) is 8.00. The van der Waals surface area contributed by atoms with Crippen LogP contribution in [0.25, 0.3) is 0 Å². The summed E-state index contributed by atoms with van der Waals surface area (Å²) in [6.45, 7) is 1.18. The SMILES string of the molecule is CCSCCOCC(F)(F)CN. The fourth-order valence-electron chi connectivity index (χ4n) is 0.543. The first kappa shape index (κ1) is 12.1. The fourth-order valence-corrected chi connectivity index (χ4v) is 1.07. The number of thioether (sulfide) groups is 1. The van der Waals surface area contributed by atoms with Gasteiger partial charge in [0.2, 0.25) is 0 Å². The Morgan fingerprint density at radius 3 is 2.67 bits per heavy atom. The van der Waals surface area contributed by atoms with Crippen molar-refractivity contribution < 1.29 is 13.5 Å². The average Bonchev–Trinajstić information content (AvgIpc) is 2.04. The summed E-state index contributed by atoms with van der Waals surface area (Å²) in [5.41, 5.74) is 4.81. The van der Waals surface area contributed by atoms with Gasteiger partial charge in [0, 0.05) is 5.75 Å². The highest BCUT2D eigenvalue weighted by molar-refractivity contribution is 7.99. The van der Waals surface area contributed by atoms with Gasteiger partial charge in [-0.15, -0.1) is 0 Å². The van der Waals surface area contributed by atoms with Crippen LogP contribution in [-0.2, 0) is 4.74 Å². The molecule has 0 aromatic heterocycles. The lowest BCUT2D eigenvalue weighted by Crippen LogP contribution is -2.33. The molecule has 2 N–H and O–H groups in total. The largest absolute Gasteiger partial charge is 0.374 e. The normalized spacial score (nSPS) is 12.0. The van der Waals surface area contributed by atoms with Gasteiger partial charge in [0.1, 0.15) is 6.61 Å². The lowest BCUT2D eigenvalue weighted by atomic mass is 10.4. The predicted molar refractivity (Wildman–Crippen MR) is 47.8 cm³/mol. The van der Waals surface area contributed by atoms with Gasteiger partial charge in [-0.05, 0) is 5.75 Å². The highest BCUT2D eigenvalue weighted by atomic mass is 32.2. The van der Waals surface area contributed by atoms with Gasteiger partial charge in [-0.3, -0.25) is 0 Å². The van der Waals surface area contributed by atoms with Gasteiger partial charge in [-0.1, -0.05) is 6.92 Å². The van der Waals surface area contributed by atoms with Gasteiger partial charge in [0.15, 0.2) is 0 Å². The first-order chi connectivity index (χ1) is 5.62. The molecule has 0 bridgehead atoms. The van der Waals surface area contributed by atoms with Crippen molar-refractivity contribution >= 4 is 11.8 Å². The summed E-state index contributed by atoms with van der Waals surface area (Å²) in [4.78, 5) is 0. The molecule has 0 rings (SSSR count). The van der Waals surface area contributed by atoms with Crippen LogP contribution >= 0.6 is 11.8 Å². The van der Waals surface area contributed by atoms with Gasteiger partial charge in [-0.25, -0.2) is 8.78 Å². The Balaban J connectivity index is 3.19. The molecule has 0 aliphatic rings. The van der Waals surface area contributed by atoms with Crippen LogP contribution in [0.1, 0.15) is 6.92 Å². The van der Waals surface area contributed by atoms with E-state index >= 15 is 0 Å². The van der Waals surface area contributed by atoms with E-state index in [-0.39, 0.29) is 0 Å². The molecule has 0 unspecified atom stereocenters. The molecule has 0 atom stereocenters. The maximum Gasteiger partial charge on any atom is 0.282 e. The summed E-state index contributed by atoms with van der Waals surface area (Å²) < 4.78 is 29.6. The smallest absolute Gasteiger partial charge is 0.282 e. The van der Waals surface area contributed by atoms with E-state index in [2.05, 4.69) is 0 Å². The Labute approximate surface area is 75.8 Å². The molecule has 0 aliphatic heterocycles. The summed E-state index contributed by atoms with van der Waals surface area (Å²) in [6, 6.07) is 0. The van der Waals surface area contributed by atoms with E-state index in [1.165, 1.54) is 0 Å². The highest BCUT2D eigenvalue weighted by Crippen LogP contribution is 2.11. The molecule has 0 spiro atoms. The van der Waals surface area contributed by atoms with E-state index in [0.717, 1.165) is 11.5 Å². The molecule has 2 nitrogen and oxygen atoms in total. The third kappa shape index (κ3) is 6.82. The molecule has 12 heavy (non-hydrogen) atoms.